The number of hydrogen-bond acceptors (Lipinski definition) is 4. The van der Waals surface area contributed by atoms with Crippen molar-refractivity contribution in [1.82, 2.24) is 0 Å². The lowest BCUT2D eigenvalue weighted by molar-refractivity contribution is -0.116. The lowest BCUT2D eigenvalue weighted by Crippen LogP contribution is -2.20. The highest BCUT2D eigenvalue weighted by molar-refractivity contribution is 5.74. The molecule has 1 saturated carbocycles. The third-order valence-corrected chi connectivity index (χ3v) is 3.18. The van der Waals surface area contributed by atoms with E-state index in [1.807, 2.05) is 13.8 Å². The Morgan fingerprint density at radius 3 is 2.17 bits per heavy atom. The summed E-state index contributed by atoms with van der Waals surface area (Å²) in [7, 11) is 0. The van der Waals surface area contributed by atoms with Crippen molar-refractivity contribution in [2.24, 2.45) is 10.2 Å². The van der Waals surface area contributed by atoms with Gasteiger partial charge in [-0.25, -0.2) is 0 Å². The second-order valence-corrected chi connectivity index (χ2v) is 5.13. The fraction of sp³-hybridized carbons (Fsp3) is 0.929. The van der Waals surface area contributed by atoms with Crippen molar-refractivity contribution in [2.45, 2.75) is 84.4 Å². The number of hydrogen-bond donors (Lipinski definition) is 1. The lowest BCUT2D eigenvalue weighted by atomic mass is 9.96. The van der Waals surface area contributed by atoms with E-state index in [1.165, 1.54) is 19.3 Å². The number of carbonyl (C=O) groups is 1. The standard InChI is InChI=1S/C10H20N2O.C4H8O/c1-3-10(2,13)12-11-9-7-5-4-6-8-9;1-3-4(2)5/h9,13H,3-8H2,1-2H3;3H2,1-2H3/b12-11+;. The molecule has 1 atom stereocenters. The number of carbonyl (C=O) groups excluding carboxylic acids is 1. The first kappa shape index (κ1) is 17.2. The zero-order valence-electron chi connectivity index (χ0n) is 12.3. The van der Waals surface area contributed by atoms with E-state index in [0.29, 0.717) is 18.9 Å². The van der Waals surface area contributed by atoms with Crippen LogP contribution in [0.1, 0.15) is 72.6 Å². The van der Waals surface area contributed by atoms with E-state index < -0.39 is 5.72 Å². The SMILES string of the molecule is CCC(C)(O)/N=N/C1CCCCC1.CCC(C)=O. The van der Waals surface area contributed by atoms with E-state index in [2.05, 4.69) is 10.2 Å². The van der Waals surface area contributed by atoms with Crippen LogP contribution in [-0.4, -0.2) is 22.7 Å². The third-order valence-electron chi connectivity index (χ3n) is 3.18. The van der Waals surface area contributed by atoms with Crippen LogP contribution in [0.2, 0.25) is 0 Å². The molecule has 1 unspecified atom stereocenters. The highest BCUT2D eigenvalue weighted by Gasteiger charge is 2.17. The molecule has 1 N–H and O–H groups in total. The number of aliphatic hydroxyl groups is 1. The Hall–Kier alpha value is -0.770. The Morgan fingerprint density at radius 2 is 1.78 bits per heavy atom. The Balaban J connectivity index is 0.000000494. The van der Waals surface area contributed by atoms with Crippen LogP contribution in [-0.2, 0) is 4.79 Å². The minimum Gasteiger partial charge on any atom is -0.368 e. The van der Waals surface area contributed by atoms with Crippen molar-refractivity contribution in [3.63, 3.8) is 0 Å². The molecule has 0 heterocycles. The first-order valence-corrected chi connectivity index (χ1v) is 7.05. The van der Waals surface area contributed by atoms with E-state index in [9.17, 15) is 9.90 Å². The summed E-state index contributed by atoms with van der Waals surface area (Å²) >= 11 is 0. The molecule has 0 aromatic rings. The molecule has 0 amide bonds. The number of ketones is 1. The fourth-order valence-corrected chi connectivity index (χ4v) is 1.47. The topological polar surface area (TPSA) is 62.0 Å². The van der Waals surface area contributed by atoms with E-state index in [0.717, 1.165) is 12.8 Å². The Kier molecular flexibility index (Phi) is 8.81. The Labute approximate surface area is 111 Å². The van der Waals surface area contributed by atoms with Gasteiger partial charge in [0.2, 0.25) is 0 Å². The van der Waals surface area contributed by atoms with Gasteiger partial charge in [-0.1, -0.05) is 33.1 Å². The maximum absolute atomic E-state index is 9.81. The van der Waals surface area contributed by atoms with Crippen molar-refractivity contribution < 1.29 is 9.90 Å². The summed E-state index contributed by atoms with van der Waals surface area (Å²) in [6.45, 7) is 7.06. The molecule has 1 fully saturated rings. The van der Waals surface area contributed by atoms with Crippen molar-refractivity contribution in [3.05, 3.63) is 0 Å². The van der Waals surface area contributed by atoms with Crippen molar-refractivity contribution in [2.75, 3.05) is 0 Å². The Morgan fingerprint density at radius 1 is 1.28 bits per heavy atom. The van der Waals surface area contributed by atoms with Crippen LogP contribution in [0.25, 0.3) is 0 Å². The maximum Gasteiger partial charge on any atom is 0.172 e. The molecule has 106 valence electrons. The van der Waals surface area contributed by atoms with Gasteiger partial charge < -0.3 is 9.90 Å². The van der Waals surface area contributed by atoms with Crippen LogP contribution in [0.15, 0.2) is 10.2 Å². The average Bonchev–Trinajstić information content (AvgIpc) is 2.38. The number of Topliss-reactive ketones (excluding diaryl/α,β-unsaturated/α-hetero) is 1. The minimum atomic E-state index is -0.947. The first-order valence-electron chi connectivity index (χ1n) is 7.05. The van der Waals surface area contributed by atoms with Crippen LogP contribution in [0.3, 0.4) is 0 Å². The average molecular weight is 256 g/mol. The summed E-state index contributed by atoms with van der Waals surface area (Å²) in [6, 6.07) is 0.367. The summed E-state index contributed by atoms with van der Waals surface area (Å²) in [6.07, 6.45) is 7.43. The summed E-state index contributed by atoms with van der Waals surface area (Å²) in [5.41, 5.74) is -0.947. The van der Waals surface area contributed by atoms with Crippen LogP contribution < -0.4 is 0 Å². The highest BCUT2D eigenvalue weighted by atomic mass is 16.3. The quantitative estimate of drug-likeness (QED) is 0.776. The molecule has 0 bridgehead atoms. The molecular formula is C14H28N2O2. The number of azo groups is 1. The summed E-state index contributed by atoms with van der Waals surface area (Å²) in [4.78, 5) is 9.81. The van der Waals surface area contributed by atoms with E-state index in [1.54, 1.807) is 13.8 Å². The smallest absolute Gasteiger partial charge is 0.172 e. The molecule has 18 heavy (non-hydrogen) atoms. The van der Waals surface area contributed by atoms with Crippen LogP contribution in [0, 0.1) is 0 Å². The molecule has 0 aliphatic heterocycles. The third kappa shape index (κ3) is 9.28. The highest BCUT2D eigenvalue weighted by Crippen LogP contribution is 2.22. The zero-order chi connectivity index (χ0) is 14.0. The van der Waals surface area contributed by atoms with Gasteiger partial charge in [0, 0.05) is 6.42 Å². The second-order valence-electron chi connectivity index (χ2n) is 5.13. The zero-order valence-corrected chi connectivity index (χ0v) is 12.3. The number of rotatable bonds is 4. The first-order chi connectivity index (χ1) is 8.41. The normalized spacial score (nSPS) is 20.1. The lowest BCUT2D eigenvalue weighted by Gasteiger charge is -2.19. The predicted molar refractivity (Wildman–Crippen MR) is 73.6 cm³/mol. The minimum absolute atomic E-state index is 0.255. The molecule has 0 saturated heterocycles. The number of nitrogens with zero attached hydrogens (tertiary/aromatic N) is 2. The molecule has 1 rings (SSSR count). The van der Waals surface area contributed by atoms with Gasteiger partial charge in [0.1, 0.15) is 5.78 Å². The summed E-state index contributed by atoms with van der Waals surface area (Å²) in [5, 5.41) is 17.8. The molecule has 1 aliphatic carbocycles. The molecule has 4 heteroatoms. The van der Waals surface area contributed by atoms with Crippen molar-refractivity contribution >= 4 is 5.78 Å². The predicted octanol–water partition coefficient (Wildman–Crippen LogP) is 3.88. The molecule has 0 aromatic carbocycles. The van der Waals surface area contributed by atoms with Gasteiger partial charge in [0.05, 0.1) is 6.04 Å². The summed E-state index contributed by atoms with van der Waals surface area (Å²) in [5.74, 6) is 0.255. The van der Waals surface area contributed by atoms with Gasteiger partial charge in [-0.05, 0) is 33.1 Å². The molecular weight excluding hydrogens is 228 g/mol. The van der Waals surface area contributed by atoms with Crippen LogP contribution in [0.4, 0.5) is 0 Å². The van der Waals surface area contributed by atoms with Gasteiger partial charge >= 0.3 is 0 Å². The maximum atomic E-state index is 9.81. The largest absolute Gasteiger partial charge is 0.368 e. The van der Waals surface area contributed by atoms with Gasteiger partial charge in [-0.15, -0.1) is 0 Å². The molecule has 0 radical (unpaired) electrons. The fourth-order valence-electron chi connectivity index (χ4n) is 1.47. The van der Waals surface area contributed by atoms with E-state index >= 15 is 0 Å². The molecule has 1 aliphatic rings. The molecule has 0 aromatic heterocycles. The van der Waals surface area contributed by atoms with Crippen LogP contribution in [0.5, 0.6) is 0 Å². The van der Waals surface area contributed by atoms with Crippen LogP contribution >= 0.6 is 0 Å². The van der Waals surface area contributed by atoms with Gasteiger partial charge in [-0.3, -0.25) is 0 Å². The van der Waals surface area contributed by atoms with Gasteiger partial charge in [0.25, 0.3) is 0 Å². The van der Waals surface area contributed by atoms with Gasteiger partial charge in [-0.2, -0.15) is 10.2 Å². The van der Waals surface area contributed by atoms with E-state index in [4.69, 9.17) is 0 Å². The van der Waals surface area contributed by atoms with Crippen molar-refractivity contribution in [3.8, 4) is 0 Å². The molecule has 4 nitrogen and oxygen atoms in total. The monoisotopic (exact) mass is 256 g/mol. The Bertz CT molecular complexity index is 257. The van der Waals surface area contributed by atoms with Crippen molar-refractivity contribution in [1.29, 1.82) is 0 Å². The second kappa shape index (κ2) is 9.20. The summed E-state index contributed by atoms with van der Waals surface area (Å²) < 4.78 is 0. The van der Waals surface area contributed by atoms with Gasteiger partial charge in [0.15, 0.2) is 5.72 Å². The van der Waals surface area contributed by atoms with E-state index in [-0.39, 0.29) is 5.78 Å². The molecule has 0 spiro atoms.